The van der Waals surface area contributed by atoms with Crippen molar-refractivity contribution in [3.8, 4) is 5.69 Å². The van der Waals surface area contributed by atoms with Gasteiger partial charge in [0, 0.05) is 6.20 Å². The summed E-state index contributed by atoms with van der Waals surface area (Å²) in [6.07, 6.45) is 8.21. The van der Waals surface area contributed by atoms with Crippen molar-refractivity contribution >= 4 is 5.91 Å². The van der Waals surface area contributed by atoms with Crippen molar-refractivity contribution in [2.45, 2.75) is 38.0 Å². The Morgan fingerprint density at radius 2 is 1.90 bits per heavy atom. The number of para-hydroxylation sites is 1. The molecule has 0 radical (unpaired) electrons. The van der Waals surface area contributed by atoms with E-state index >= 15 is 0 Å². The van der Waals surface area contributed by atoms with Crippen LogP contribution in [0.1, 0.15) is 54.1 Å². The molecule has 1 amide bonds. The van der Waals surface area contributed by atoms with E-state index in [4.69, 9.17) is 5.73 Å². The number of nitrogens with two attached hydrogens (primary N) is 1. The highest BCUT2D eigenvalue weighted by Gasteiger charge is 2.19. The van der Waals surface area contributed by atoms with Crippen LogP contribution in [0.4, 0.5) is 0 Å². The number of amides is 1. The smallest absolute Gasteiger partial charge is 0.269 e. The van der Waals surface area contributed by atoms with Gasteiger partial charge in [-0.15, -0.1) is 0 Å². The Kier molecular flexibility index (Phi) is 3.54. The van der Waals surface area contributed by atoms with E-state index in [0.717, 1.165) is 5.69 Å². The molecule has 20 heavy (non-hydrogen) atoms. The molecule has 1 aromatic heterocycles. The summed E-state index contributed by atoms with van der Waals surface area (Å²) in [7, 11) is 0. The molecule has 0 saturated heterocycles. The highest BCUT2D eigenvalue weighted by molar-refractivity contribution is 5.90. The second-order valence-electron chi connectivity index (χ2n) is 5.40. The van der Waals surface area contributed by atoms with E-state index in [1.165, 1.54) is 37.7 Å². The normalized spacial score (nSPS) is 16.2. The van der Waals surface area contributed by atoms with Crippen LogP contribution in [0, 0.1) is 0 Å². The van der Waals surface area contributed by atoms with E-state index in [1.54, 1.807) is 10.7 Å². The molecule has 0 bridgehead atoms. The van der Waals surface area contributed by atoms with Gasteiger partial charge in [-0.25, -0.2) is 4.68 Å². The third kappa shape index (κ3) is 2.46. The number of benzene rings is 1. The Morgan fingerprint density at radius 3 is 2.60 bits per heavy atom. The van der Waals surface area contributed by atoms with Crippen molar-refractivity contribution in [3.05, 3.63) is 47.8 Å². The van der Waals surface area contributed by atoms with Crippen LogP contribution in [-0.4, -0.2) is 15.7 Å². The fourth-order valence-corrected chi connectivity index (χ4v) is 3.04. The molecule has 1 saturated carbocycles. The van der Waals surface area contributed by atoms with Crippen molar-refractivity contribution in [1.82, 2.24) is 9.78 Å². The van der Waals surface area contributed by atoms with Crippen molar-refractivity contribution in [1.29, 1.82) is 0 Å². The van der Waals surface area contributed by atoms with Gasteiger partial charge >= 0.3 is 0 Å². The monoisotopic (exact) mass is 269 g/mol. The molecule has 4 heteroatoms. The molecule has 1 aromatic carbocycles. The van der Waals surface area contributed by atoms with Gasteiger partial charge in [0.05, 0.1) is 5.69 Å². The zero-order chi connectivity index (χ0) is 13.9. The van der Waals surface area contributed by atoms with Crippen LogP contribution < -0.4 is 5.73 Å². The Labute approximate surface area is 118 Å². The van der Waals surface area contributed by atoms with E-state index in [9.17, 15) is 4.79 Å². The van der Waals surface area contributed by atoms with E-state index in [0.29, 0.717) is 11.6 Å². The van der Waals surface area contributed by atoms with E-state index in [2.05, 4.69) is 23.3 Å². The van der Waals surface area contributed by atoms with Gasteiger partial charge in [0.2, 0.25) is 0 Å². The third-order valence-electron chi connectivity index (χ3n) is 4.07. The Morgan fingerprint density at radius 1 is 1.15 bits per heavy atom. The van der Waals surface area contributed by atoms with Gasteiger partial charge in [-0.2, -0.15) is 5.10 Å². The molecular weight excluding hydrogens is 250 g/mol. The van der Waals surface area contributed by atoms with Crippen LogP contribution in [-0.2, 0) is 0 Å². The number of nitrogens with zero attached hydrogens (tertiary/aromatic N) is 2. The van der Waals surface area contributed by atoms with E-state index in [1.807, 2.05) is 12.3 Å². The average Bonchev–Trinajstić information content (AvgIpc) is 2.98. The molecule has 1 fully saturated rings. The van der Waals surface area contributed by atoms with Crippen LogP contribution in [0.2, 0.25) is 0 Å². The van der Waals surface area contributed by atoms with Gasteiger partial charge < -0.3 is 5.73 Å². The number of aromatic nitrogens is 2. The van der Waals surface area contributed by atoms with E-state index in [-0.39, 0.29) is 0 Å². The van der Waals surface area contributed by atoms with Gasteiger partial charge in [-0.05, 0) is 36.5 Å². The lowest BCUT2D eigenvalue weighted by Gasteiger charge is -2.24. The van der Waals surface area contributed by atoms with Crippen LogP contribution in [0.15, 0.2) is 36.5 Å². The number of rotatable bonds is 3. The summed E-state index contributed by atoms with van der Waals surface area (Å²) in [5, 5.41) is 4.28. The van der Waals surface area contributed by atoms with Gasteiger partial charge in [0.15, 0.2) is 0 Å². The summed E-state index contributed by atoms with van der Waals surface area (Å²) in [5.74, 6) is 0.111. The highest BCUT2D eigenvalue weighted by Crippen LogP contribution is 2.35. The zero-order valence-electron chi connectivity index (χ0n) is 11.5. The Hall–Kier alpha value is -2.10. The fraction of sp³-hybridized carbons (Fsp3) is 0.375. The number of primary amides is 1. The summed E-state index contributed by atoms with van der Waals surface area (Å²) in [6.45, 7) is 0. The second-order valence-corrected chi connectivity index (χ2v) is 5.40. The summed E-state index contributed by atoms with van der Waals surface area (Å²) in [5.41, 5.74) is 7.97. The molecular formula is C16H19N3O. The fourth-order valence-electron chi connectivity index (χ4n) is 3.04. The van der Waals surface area contributed by atoms with Gasteiger partial charge in [0.1, 0.15) is 5.69 Å². The topological polar surface area (TPSA) is 60.9 Å². The highest BCUT2D eigenvalue weighted by atomic mass is 16.1. The lowest BCUT2D eigenvalue weighted by Crippen LogP contribution is -2.13. The van der Waals surface area contributed by atoms with Crippen LogP contribution >= 0.6 is 0 Å². The lowest BCUT2D eigenvalue weighted by atomic mass is 9.83. The minimum atomic E-state index is -0.487. The minimum Gasteiger partial charge on any atom is -0.364 e. The molecule has 0 unspecified atom stereocenters. The first-order valence-corrected chi connectivity index (χ1v) is 7.20. The van der Waals surface area contributed by atoms with Crippen molar-refractivity contribution in [3.63, 3.8) is 0 Å². The molecule has 0 atom stereocenters. The third-order valence-corrected chi connectivity index (χ3v) is 4.07. The molecule has 1 aliphatic rings. The quantitative estimate of drug-likeness (QED) is 0.931. The first-order chi connectivity index (χ1) is 9.75. The van der Waals surface area contributed by atoms with Crippen LogP contribution in [0.5, 0.6) is 0 Å². The van der Waals surface area contributed by atoms with Gasteiger partial charge in [-0.1, -0.05) is 37.5 Å². The van der Waals surface area contributed by atoms with Crippen LogP contribution in [0.3, 0.4) is 0 Å². The largest absolute Gasteiger partial charge is 0.364 e. The molecule has 1 aliphatic carbocycles. The molecule has 4 nitrogen and oxygen atoms in total. The first kappa shape index (κ1) is 12.9. The maximum absolute atomic E-state index is 11.2. The molecule has 0 spiro atoms. The van der Waals surface area contributed by atoms with Crippen molar-refractivity contribution in [2.75, 3.05) is 0 Å². The van der Waals surface area contributed by atoms with E-state index < -0.39 is 5.91 Å². The second kappa shape index (κ2) is 5.49. The summed E-state index contributed by atoms with van der Waals surface area (Å²) >= 11 is 0. The van der Waals surface area contributed by atoms with Gasteiger partial charge in [0.25, 0.3) is 5.91 Å². The predicted octanol–water partition coefficient (Wildman–Crippen LogP) is 3.02. The molecule has 0 aliphatic heterocycles. The van der Waals surface area contributed by atoms with Crippen LogP contribution in [0.25, 0.3) is 5.69 Å². The zero-order valence-corrected chi connectivity index (χ0v) is 11.5. The maximum Gasteiger partial charge on any atom is 0.269 e. The summed E-state index contributed by atoms with van der Waals surface area (Å²) < 4.78 is 1.77. The number of hydrogen-bond acceptors (Lipinski definition) is 2. The molecule has 2 N–H and O–H groups in total. The number of hydrogen-bond donors (Lipinski definition) is 1. The molecule has 3 rings (SSSR count). The summed E-state index contributed by atoms with van der Waals surface area (Å²) in [4.78, 5) is 11.2. The Bertz CT molecular complexity index is 612. The molecule has 104 valence electrons. The first-order valence-electron chi connectivity index (χ1n) is 7.20. The number of carbonyl (C=O) groups excluding carboxylic acids is 1. The summed E-state index contributed by atoms with van der Waals surface area (Å²) in [6, 6.07) is 9.98. The lowest BCUT2D eigenvalue weighted by molar-refractivity contribution is 0.0995. The average molecular weight is 269 g/mol. The van der Waals surface area contributed by atoms with Crippen molar-refractivity contribution < 1.29 is 4.79 Å². The molecule has 2 aromatic rings. The maximum atomic E-state index is 11.2. The predicted molar refractivity (Wildman–Crippen MR) is 77.9 cm³/mol. The SMILES string of the molecule is NC(=O)c1ccn(-c2ccccc2C2CCCCC2)n1. The Balaban J connectivity index is 1.97. The minimum absolute atomic E-state index is 0.309. The molecule has 1 heterocycles. The number of carbonyl (C=O) groups is 1. The standard InChI is InChI=1S/C16H19N3O/c17-16(20)14-10-11-19(18-14)15-9-5-4-8-13(15)12-6-2-1-3-7-12/h4-5,8-12H,1-3,6-7H2,(H2,17,20). The van der Waals surface area contributed by atoms with Crippen molar-refractivity contribution in [2.24, 2.45) is 5.73 Å². The van der Waals surface area contributed by atoms with Gasteiger partial charge in [-0.3, -0.25) is 4.79 Å².